The van der Waals surface area contributed by atoms with Crippen LogP contribution in [0.3, 0.4) is 0 Å². The quantitative estimate of drug-likeness (QED) is 0.409. The number of rotatable bonds is 2. The zero-order valence-electron chi connectivity index (χ0n) is 8.92. The summed E-state index contributed by atoms with van der Waals surface area (Å²) in [4.78, 5) is 18.7. The van der Waals surface area contributed by atoms with Crippen LogP contribution in [0, 0.1) is 0 Å². The van der Waals surface area contributed by atoms with Crippen molar-refractivity contribution in [2.24, 2.45) is 15.8 Å². The highest BCUT2D eigenvalue weighted by Crippen LogP contribution is 2.31. The van der Waals surface area contributed by atoms with Gasteiger partial charge in [-0.15, -0.1) is 4.59 Å². The fourth-order valence-corrected chi connectivity index (χ4v) is 2.15. The lowest BCUT2D eigenvalue weighted by molar-refractivity contribution is -0.746. The van der Waals surface area contributed by atoms with Crippen molar-refractivity contribution in [3.05, 3.63) is 23.8 Å². The monoisotopic (exact) mass is 299 g/mol. The van der Waals surface area contributed by atoms with Crippen LogP contribution in [0.25, 0.3) is 0 Å². The van der Waals surface area contributed by atoms with Crippen LogP contribution >= 0.6 is 15.9 Å². The van der Waals surface area contributed by atoms with Gasteiger partial charge in [0.1, 0.15) is 18.0 Å². The van der Waals surface area contributed by atoms with Gasteiger partial charge in [-0.05, 0) is 6.92 Å². The number of amidine groups is 1. The number of quaternary nitrogens is 1. The molecular formula is C9H10BrN5O2. The van der Waals surface area contributed by atoms with Gasteiger partial charge in [0.15, 0.2) is 0 Å². The summed E-state index contributed by atoms with van der Waals surface area (Å²) in [6, 6.07) is -0.524. The van der Waals surface area contributed by atoms with Gasteiger partial charge >= 0.3 is 4.74 Å². The van der Waals surface area contributed by atoms with Crippen molar-refractivity contribution in [2.45, 2.75) is 13.0 Å². The minimum Gasteiger partial charge on any atom is -0.530 e. The van der Waals surface area contributed by atoms with Crippen LogP contribution in [-0.2, 0) is 0 Å². The lowest BCUT2D eigenvalue weighted by Gasteiger charge is -2.24. The number of aliphatic imine (C=N–C) groups is 2. The molecule has 0 aromatic rings. The number of carboxylic acid groups (broad SMARTS) is 1. The molecule has 0 bridgehead atoms. The summed E-state index contributed by atoms with van der Waals surface area (Å²) >= 11 is 3.26. The number of nitrogens with two attached hydrogens (primary N) is 1. The Morgan fingerprint density at radius 3 is 3.06 bits per heavy atom. The summed E-state index contributed by atoms with van der Waals surface area (Å²) in [6.45, 7) is 1.66. The highest BCUT2D eigenvalue weighted by molar-refractivity contribution is 9.18. The van der Waals surface area contributed by atoms with Gasteiger partial charge in [-0.1, -0.05) is 0 Å². The molecule has 0 aromatic carbocycles. The first kappa shape index (κ1) is 12.0. The first-order chi connectivity index (χ1) is 7.95. The third-order valence-electron chi connectivity index (χ3n) is 2.51. The molecule has 3 N–H and O–H groups in total. The van der Waals surface area contributed by atoms with Crippen molar-refractivity contribution in [3.8, 4) is 0 Å². The predicted molar refractivity (Wildman–Crippen MR) is 63.5 cm³/mol. The Hall–Kier alpha value is -1.51. The number of allylic oxidation sites excluding steroid dienone is 1. The normalized spacial score (nSPS) is 27.8. The van der Waals surface area contributed by atoms with E-state index >= 15 is 0 Å². The maximum Gasteiger partial charge on any atom is 0.301 e. The first-order valence-corrected chi connectivity index (χ1v) is 5.59. The molecule has 0 radical (unpaired) electrons. The van der Waals surface area contributed by atoms with Crippen molar-refractivity contribution in [1.82, 2.24) is 5.32 Å². The van der Waals surface area contributed by atoms with Crippen LogP contribution in [-0.4, -0.2) is 27.7 Å². The molecule has 2 heterocycles. The Morgan fingerprint density at radius 1 is 1.71 bits per heavy atom. The molecule has 2 aliphatic heterocycles. The van der Waals surface area contributed by atoms with Crippen LogP contribution in [0.1, 0.15) is 6.92 Å². The molecule has 0 spiro atoms. The molecule has 0 saturated heterocycles. The minimum atomic E-state index is -1.36. The summed E-state index contributed by atoms with van der Waals surface area (Å²) in [5.41, 5.74) is 1.12. The van der Waals surface area contributed by atoms with Crippen LogP contribution in [0.5, 0.6) is 0 Å². The highest BCUT2D eigenvalue weighted by Gasteiger charge is 2.43. The Balaban J connectivity index is 2.40. The Labute approximate surface area is 106 Å². The van der Waals surface area contributed by atoms with Crippen LogP contribution in [0.2, 0.25) is 0 Å². The number of fused-ring (bicyclic) bond motifs is 1. The fraction of sp³-hybridized carbons (Fsp3) is 0.222. The van der Waals surface area contributed by atoms with Gasteiger partial charge in [-0.25, -0.2) is 0 Å². The summed E-state index contributed by atoms with van der Waals surface area (Å²) in [7, 11) is 0. The minimum absolute atomic E-state index is 0.141. The lowest BCUT2D eigenvalue weighted by Crippen LogP contribution is -2.51. The van der Waals surface area contributed by atoms with Crippen molar-refractivity contribution in [2.75, 3.05) is 0 Å². The van der Waals surface area contributed by atoms with E-state index in [0.717, 1.165) is 0 Å². The van der Waals surface area contributed by atoms with E-state index in [1.165, 1.54) is 0 Å². The van der Waals surface area contributed by atoms with E-state index in [1.54, 1.807) is 25.5 Å². The van der Waals surface area contributed by atoms with E-state index < -0.39 is 12.1 Å². The summed E-state index contributed by atoms with van der Waals surface area (Å²) < 4.78 is 0.328. The number of carbonyl (C=O) groups is 1. The molecule has 0 aromatic heterocycles. The average molecular weight is 300 g/mol. The Bertz CT molecular complexity index is 496. The maximum atomic E-state index is 10.5. The average Bonchev–Trinajstić information content (AvgIpc) is 2.51. The Morgan fingerprint density at radius 2 is 2.41 bits per heavy atom. The van der Waals surface area contributed by atoms with E-state index in [1.807, 2.05) is 0 Å². The summed E-state index contributed by atoms with van der Waals surface area (Å²) in [5.74, 6) is 6.10. The van der Waals surface area contributed by atoms with Crippen LogP contribution in [0.4, 0.5) is 4.79 Å². The molecule has 17 heavy (non-hydrogen) atoms. The topological polar surface area (TPSA) is 103 Å². The van der Waals surface area contributed by atoms with Gasteiger partial charge in [0.05, 0.1) is 18.5 Å². The van der Waals surface area contributed by atoms with Gasteiger partial charge < -0.3 is 15.2 Å². The molecule has 0 fully saturated rings. The van der Waals surface area contributed by atoms with Crippen molar-refractivity contribution in [3.63, 3.8) is 0 Å². The van der Waals surface area contributed by atoms with Gasteiger partial charge in [0, 0.05) is 15.9 Å². The highest BCUT2D eigenvalue weighted by atomic mass is 79.9. The van der Waals surface area contributed by atoms with Gasteiger partial charge in [0.2, 0.25) is 5.70 Å². The number of amides is 1. The standard InChI is InChI=1S/C9H10BrN5O2/c1-5(13-9(16)17)7-6-4-12-2-3-15(6,11)8(10)14-7/h2-5,13H,11H2,1H3. The Kier molecular flexibility index (Phi) is 2.86. The van der Waals surface area contributed by atoms with Crippen molar-refractivity contribution < 1.29 is 14.5 Å². The SMILES string of the molecule is CC(NC(=O)[O-])C1=C2C=NC=C[N+]2(N)C(Br)=N1. The van der Waals surface area contributed by atoms with E-state index in [4.69, 9.17) is 5.84 Å². The number of hydrogen-bond acceptors (Lipinski definition) is 5. The molecule has 0 saturated carbocycles. The molecule has 2 aliphatic rings. The smallest absolute Gasteiger partial charge is 0.301 e. The number of carbonyl (C=O) groups excluding carboxylic acids is 1. The maximum absolute atomic E-state index is 10.5. The second-order valence-electron chi connectivity index (χ2n) is 3.66. The van der Waals surface area contributed by atoms with Crippen molar-refractivity contribution >= 4 is 33.0 Å². The molecular weight excluding hydrogens is 290 g/mol. The van der Waals surface area contributed by atoms with Gasteiger partial charge in [0.25, 0.3) is 0 Å². The third kappa shape index (κ3) is 1.90. The van der Waals surface area contributed by atoms with Crippen molar-refractivity contribution in [1.29, 1.82) is 0 Å². The number of nitrogens with zero attached hydrogens (tertiary/aromatic N) is 3. The molecule has 8 heteroatoms. The zero-order valence-corrected chi connectivity index (χ0v) is 10.5. The van der Waals surface area contributed by atoms with Gasteiger partial charge in [-0.2, -0.15) is 10.8 Å². The molecule has 2 unspecified atom stereocenters. The van der Waals surface area contributed by atoms with E-state index in [0.29, 0.717) is 16.1 Å². The first-order valence-electron chi connectivity index (χ1n) is 4.80. The second kappa shape index (κ2) is 4.06. The van der Waals surface area contributed by atoms with Crippen LogP contribution < -0.4 is 16.3 Å². The third-order valence-corrected chi connectivity index (χ3v) is 3.27. The van der Waals surface area contributed by atoms with E-state index in [-0.39, 0.29) is 4.59 Å². The lowest BCUT2D eigenvalue weighted by atomic mass is 10.2. The summed E-state index contributed by atoms with van der Waals surface area (Å²) in [6.07, 6.45) is 3.39. The van der Waals surface area contributed by atoms with Crippen LogP contribution in [0.15, 0.2) is 33.8 Å². The second-order valence-corrected chi connectivity index (χ2v) is 4.37. The number of nitrogens with one attached hydrogen (secondary N) is 1. The number of hydrogen-bond donors (Lipinski definition) is 2. The molecule has 1 amide bonds. The molecule has 90 valence electrons. The molecule has 2 rings (SSSR count). The fourth-order valence-electron chi connectivity index (χ4n) is 1.65. The summed E-state index contributed by atoms with van der Waals surface area (Å²) in [5, 5.41) is 12.7. The molecule has 2 atom stereocenters. The number of halogens is 1. The van der Waals surface area contributed by atoms with Gasteiger partial charge in [-0.3, -0.25) is 4.99 Å². The van der Waals surface area contributed by atoms with E-state index in [2.05, 4.69) is 31.2 Å². The predicted octanol–water partition coefficient (Wildman–Crippen LogP) is -0.470. The van der Waals surface area contributed by atoms with E-state index in [9.17, 15) is 9.90 Å². The molecule has 7 nitrogen and oxygen atoms in total. The largest absolute Gasteiger partial charge is 0.530 e. The molecule has 0 aliphatic carbocycles. The zero-order chi connectivity index (χ0) is 12.6.